The smallest absolute Gasteiger partial charge is 0.189 e. The van der Waals surface area contributed by atoms with Gasteiger partial charge in [0.15, 0.2) is 5.96 Å². The third-order valence-corrected chi connectivity index (χ3v) is 3.94. The van der Waals surface area contributed by atoms with Crippen LogP contribution in [0, 0.1) is 5.82 Å². The predicted octanol–water partition coefficient (Wildman–Crippen LogP) is 2.58. The molecular weight excluding hydrogens is 281 g/mol. The Hall–Kier alpha value is -1.62. The van der Waals surface area contributed by atoms with Gasteiger partial charge in [-0.15, -0.1) is 0 Å². The maximum atomic E-state index is 13.6. The molecule has 1 aromatic rings. The van der Waals surface area contributed by atoms with Gasteiger partial charge in [0.25, 0.3) is 0 Å². The summed E-state index contributed by atoms with van der Waals surface area (Å²) in [6.45, 7) is 7.97. The van der Waals surface area contributed by atoms with Crippen molar-refractivity contribution in [1.29, 1.82) is 0 Å². The van der Waals surface area contributed by atoms with Crippen LogP contribution in [0.25, 0.3) is 0 Å². The van der Waals surface area contributed by atoms with Gasteiger partial charge in [0.05, 0.1) is 6.54 Å². The van der Waals surface area contributed by atoms with Gasteiger partial charge in [-0.3, -0.25) is 4.99 Å². The van der Waals surface area contributed by atoms with Crippen LogP contribution in [-0.2, 0) is 10.2 Å². The van der Waals surface area contributed by atoms with Crippen LogP contribution in [-0.4, -0.2) is 31.3 Å². The monoisotopic (exact) mass is 307 g/mol. The van der Waals surface area contributed by atoms with Gasteiger partial charge in [-0.1, -0.05) is 12.1 Å². The van der Waals surface area contributed by atoms with Crippen molar-refractivity contribution >= 4 is 5.96 Å². The summed E-state index contributed by atoms with van der Waals surface area (Å²) in [4.78, 5) is 4.52. The van der Waals surface area contributed by atoms with Gasteiger partial charge < -0.3 is 15.8 Å². The third-order valence-electron chi connectivity index (χ3n) is 3.94. The van der Waals surface area contributed by atoms with Crippen molar-refractivity contribution in [2.75, 3.05) is 19.8 Å². The first-order chi connectivity index (χ1) is 10.3. The molecule has 0 aromatic heterocycles. The zero-order valence-electron chi connectivity index (χ0n) is 13.7. The largest absolute Gasteiger partial charge is 0.381 e. The number of nitrogens with two attached hydrogens (primary N) is 1. The summed E-state index contributed by atoms with van der Waals surface area (Å²) in [5.41, 5.74) is 6.62. The van der Waals surface area contributed by atoms with Crippen LogP contribution in [0.1, 0.15) is 39.2 Å². The number of hydrogen-bond acceptors (Lipinski definition) is 2. The Kier molecular flexibility index (Phi) is 5.06. The lowest BCUT2D eigenvalue weighted by atomic mass is 9.74. The van der Waals surface area contributed by atoms with Crippen LogP contribution in [0.5, 0.6) is 0 Å². The summed E-state index contributed by atoms with van der Waals surface area (Å²) in [7, 11) is 0. The quantitative estimate of drug-likeness (QED) is 0.666. The van der Waals surface area contributed by atoms with Crippen LogP contribution in [0.15, 0.2) is 29.3 Å². The van der Waals surface area contributed by atoms with Crippen LogP contribution < -0.4 is 11.1 Å². The summed E-state index contributed by atoms with van der Waals surface area (Å²) in [6, 6.07) is 6.79. The molecule has 0 atom stereocenters. The van der Waals surface area contributed by atoms with E-state index in [9.17, 15) is 4.39 Å². The number of rotatable bonds is 3. The Balaban J connectivity index is 2.21. The van der Waals surface area contributed by atoms with Crippen molar-refractivity contribution in [3.05, 3.63) is 35.6 Å². The van der Waals surface area contributed by atoms with E-state index in [0.29, 0.717) is 25.7 Å². The number of benzene rings is 1. The summed E-state index contributed by atoms with van der Waals surface area (Å²) < 4.78 is 19.1. The average molecular weight is 307 g/mol. The molecule has 0 radical (unpaired) electrons. The fourth-order valence-corrected chi connectivity index (χ4v) is 2.78. The normalized spacial score (nSPS) is 19.0. The molecule has 1 aliphatic heterocycles. The second-order valence-electron chi connectivity index (χ2n) is 6.98. The van der Waals surface area contributed by atoms with Gasteiger partial charge in [-0.05, 0) is 51.3 Å². The average Bonchev–Trinajstić information content (AvgIpc) is 2.44. The van der Waals surface area contributed by atoms with E-state index in [1.165, 1.54) is 6.07 Å². The molecule has 4 nitrogen and oxygen atoms in total. The van der Waals surface area contributed by atoms with Crippen LogP contribution >= 0.6 is 0 Å². The number of hydrogen-bond donors (Lipinski definition) is 2. The number of nitrogens with one attached hydrogen (secondary N) is 1. The number of ether oxygens (including phenoxy) is 1. The fraction of sp³-hybridized carbons (Fsp3) is 0.588. The highest BCUT2D eigenvalue weighted by Gasteiger charge is 2.34. The summed E-state index contributed by atoms with van der Waals surface area (Å²) in [5.74, 6) is 0.211. The molecule has 0 spiro atoms. The Morgan fingerprint density at radius 1 is 1.36 bits per heavy atom. The summed E-state index contributed by atoms with van der Waals surface area (Å²) in [5, 5.41) is 3.16. The van der Waals surface area contributed by atoms with E-state index in [2.05, 4.69) is 10.3 Å². The van der Waals surface area contributed by atoms with E-state index in [0.717, 1.165) is 18.4 Å². The number of halogens is 1. The highest BCUT2D eigenvalue weighted by molar-refractivity contribution is 5.78. The van der Waals surface area contributed by atoms with Crippen LogP contribution in [0.3, 0.4) is 0 Å². The molecule has 1 fully saturated rings. The second kappa shape index (κ2) is 6.65. The van der Waals surface area contributed by atoms with Crippen molar-refractivity contribution in [1.82, 2.24) is 5.32 Å². The van der Waals surface area contributed by atoms with E-state index in [-0.39, 0.29) is 16.8 Å². The molecule has 1 heterocycles. The minimum absolute atomic E-state index is 0.130. The predicted molar refractivity (Wildman–Crippen MR) is 87.5 cm³/mol. The first-order valence-electron chi connectivity index (χ1n) is 7.73. The van der Waals surface area contributed by atoms with Crippen molar-refractivity contribution in [3.8, 4) is 0 Å². The molecule has 1 aliphatic rings. The lowest BCUT2D eigenvalue weighted by Gasteiger charge is -2.36. The van der Waals surface area contributed by atoms with E-state index < -0.39 is 0 Å². The Bertz CT molecular complexity index is 531. The minimum atomic E-state index is -0.215. The molecule has 1 saturated heterocycles. The first-order valence-corrected chi connectivity index (χ1v) is 7.73. The number of nitrogens with zero attached hydrogens (tertiary/aromatic N) is 1. The molecule has 2 rings (SSSR count). The zero-order chi connectivity index (χ0) is 16.2. The lowest BCUT2D eigenvalue weighted by Crippen LogP contribution is -2.46. The topological polar surface area (TPSA) is 59.6 Å². The highest BCUT2D eigenvalue weighted by Crippen LogP contribution is 2.35. The maximum absolute atomic E-state index is 13.6. The molecule has 122 valence electrons. The van der Waals surface area contributed by atoms with Crippen molar-refractivity contribution in [2.45, 2.75) is 44.6 Å². The minimum Gasteiger partial charge on any atom is -0.381 e. The molecule has 0 unspecified atom stereocenters. The van der Waals surface area contributed by atoms with Gasteiger partial charge in [0, 0.05) is 24.2 Å². The standard InChI is InChI=1S/C17H26FN3O/c1-16(2,3)21-15(19)20-12-17(7-9-22-10-8-17)13-5-4-6-14(18)11-13/h4-6,11H,7-10,12H2,1-3H3,(H3,19,20,21). The SMILES string of the molecule is CC(C)(C)NC(N)=NCC1(c2cccc(F)c2)CCOCC1. The van der Waals surface area contributed by atoms with Crippen molar-refractivity contribution in [3.63, 3.8) is 0 Å². The number of aliphatic imine (C=N–C) groups is 1. The molecule has 22 heavy (non-hydrogen) atoms. The molecule has 0 bridgehead atoms. The molecule has 0 amide bonds. The Labute approximate surface area is 132 Å². The summed E-state index contributed by atoms with van der Waals surface area (Å²) >= 11 is 0. The highest BCUT2D eigenvalue weighted by atomic mass is 19.1. The van der Waals surface area contributed by atoms with Crippen LogP contribution in [0.4, 0.5) is 4.39 Å². The van der Waals surface area contributed by atoms with Gasteiger partial charge in [-0.25, -0.2) is 4.39 Å². The second-order valence-corrected chi connectivity index (χ2v) is 6.98. The molecule has 1 aromatic carbocycles. The number of guanidine groups is 1. The molecule has 0 saturated carbocycles. The first kappa shape index (κ1) is 16.7. The summed E-state index contributed by atoms with van der Waals surface area (Å²) in [6.07, 6.45) is 1.64. The van der Waals surface area contributed by atoms with Crippen molar-refractivity contribution in [2.24, 2.45) is 10.7 Å². The maximum Gasteiger partial charge on any atom is 0.189 e. The van der Waals surface area contributed by atoms with Gasteiger partial charge in [0.2, 0.25) is 0 Å². The van der Waals surface area contributed by atoms with Gasteiger partial charge in [0.1, 0.15) is 5.82 Å². The van der Waals surface area contributed by atoms with E-state index in [1.807, 2.05) is 26.8 Å². The van der Waals surface area contributed by atoms with E-state index in [4.69, 9.17) is 10.5 Å². The van der Waals surface area contributed by atoms with Gasteiger partial charge >= 0.3 is 0 Å². The van der Waals surface area contributed by atoms with Crippen LogP contribution in [0.2, 0.25) is 0 Å². The van der Waals surface area contributed by atoms with Gasteiger partial charge in [-0.2, -0.15) is 0 Å². The third kappa shape index (κ3) is 4.44. The molecule has 3 N–H and O–H groups in total. The Morgan fingerprint density at radius 2 is 2.05 bits per heavy atom. The fourth-order valence-electron chi connectivity index (χ4n) is 2.78. The Morgan fingerprint density at radius 3 is 2.64 bits per heavy atom. The molecule has 5 heteroatoms. The van der Waals surface area contributed by atoms with Crippen molar-refractivity contribution < 1.29 is 9.13 Å². The lowest BCUT2D eigenvalue weighted by molar-refractivity contribution is 0.0530. The molecular formula is C17H26FN3O. The van der Waals surface area contributed by atoms with E-state index >= 15 is 0 Å². The van der Waals surface area contributed by atoms with E-state index in [1.54, 1.807) is 12.1 Å². The zero-order valence-corrected chi connectivity index (χ0v) is 13.7. The molecule has 0 aliphatic carbocycles.